The minimum absolute atomic E-state index is 0.656. The molecule has 0 aromatic carbocycles. The lowest BCUT2D eigenvalue weighted by Crippen LogP contribution is -2.11. The Hall–Kier alpha value is -1.12. The highest BCUT2D eigenvalue weighted by molar-refractivity contribution is 5.87. The second-order valence-electron chi connectivity index (χ2n) is 1.81. The lowest BCUT2D eigenvalue weighted by Gasteiger charge is -1.94. The molecule has 0 aromatic heterocycles. The molecular weight excluding hydrogens is 114 g/mol. The van der Waals surface area contributed by atoms with Gasteiger partial charge in [-0.3, -0.25) is 0 Å². The number of amidine groups is 1. The summed E-state index contributed by atoms with van der Waals surface area (Å²) in [5.41, 5.74) is 5.43. The maximum Gasteiger partial charge on any atom is 0.117 e. The van der Waals surface area contributed by atoms with Gasteiger partial charge in [-0.1, -0.05) is 6.08 Å². The molecule has 3 heteroatoms. The summed E-state index contributed by atoms with van der Waals surface area (Å²) < 4.78 is 0. The van der Waals surface area contributed by atoms with Crippen molar-refractivity contribution in [3.05, 3.63) is 12.3 Å². The Morgan fingerprint density at radius 3 is 3.33 bits per heavy atom. The monoisotopic (exact) mass is 123 g/mol. The Morgan fingerprint density at radius 1 is 1.56 bits per heavy atom. The molecule has 0 amide bonds. The lowest BCUT2D eigenvalue weighted by atomic mass is 10.3. The molecule has 0 spiro atoms. The van der Waals surface area contributed by atoms with Crippen molar-refractivity contribution in [3.8, 4) is 0 Å². The third-order valence-corrected chi connectivity index (χ3v) is 1.05. The van der Waals surface area contributed by atoms with Crippen LogP contribution in [0.3, 0.4) is 0 Å². The van der Waals surface area contributed by atoms with Gasteiger partial charge in [-0.2, -0.15) is 0 Å². The summed E-state index contributed by atoms with van der Waals surface area (Å²) in [4.78, 5) is 7.64. The van der Waals surface area contributed by atoms with E-state index in [9.17, 15) is 0 Å². The third-order valence-electron chi connectivity index (χ3n) is 1.05. The van der Waals surface area contributed by atoms with Crippen LogP contribution in [0.15, 0.2) is 22.3 Å². The molecule has 3 nitrogen and oxygen atoms in total. The van der Waals surface area contributed by atoms with Crippen molar-refractivity contribution in [3.63, 3.8) is 0 Å². The molecule has 1 rings (SSSR count). The second-order valence-corrected chi connectivity index (χ2v) is 1.81. The molecule has 0 unspecified atom stereocenters. The Kier molecular flexibility index (Phi) is 2.01. The molecule has 0 aromatic rings. The van der Waals surface area contributed by atoms with E-state index in [1.807, 2.05) is 6.08 Å². The fraction of sp³-hybridized carbons (Fsp3) is 0.333. The molecule has 0 radical (unpaired) electrons. The summed E-state index contributed by atoms with van der Waals surface area (Å²) in [7, 11) is 0. The summed E-state index contributed by atoms with van der Waals surface area (Å²) in [6, 6.07) is 0. The van der Waals surface area contributed by atoms with Gasteiger partial charge in [0.1, 0.15) is 12.2 Å². The van der Waals surface area contributed by atoms with Crippen molar-refractivity contribution < 1.29 is 0 Å². The number of hydrogen-bond donors (Lipinski definition) is 1. The zero-order chi connectivity index (χ0) is 6.53. The molecule has 1 aliphatic rings. The zero-order valence-corrected chi connectivity index (χ0v) is 5.12. The Bertz CT molecular complexity index is 167. The molecule has 0 fully saturated rings. The van der Waals surface area contributed by atoms with E-state index in [1.165, 1.54) is 6.34 Å². The predicted octanol–water partition coefficient (Wildman–Crippen LogP) is 0.679. The van der Waals surface area contributed by atoms with Gasteiger partial charge in [0.25, 0.3) is 0 Å². The first kappa shape index (κ1) is 6.01. The van der Waals surface area contributed by atoms with E-state index in [0.717, 1.165) is 12.8 Å². The van der Waals surface area contributed by atoms with Crippen LogP contribution in [-0.2, 0) is 0 Å². The smallest absolute Gasteiger partial charge is 0.117 e. The van der Waals surface area contributed by atoms with Crippen LogP contribution in [0.5, 0.6) is 0 Å². The fourth-order valence-corrected chi connectivity index (χ4v) is 0.577. The highest BCUT2D eigenvalue weighted by atomic mass is 14.9. The number of rotatable bonds is 0. The van der Waals surface area contributed by atoms with Crippen molar-refractivity contribution in [2.24, 2.45) is 15.7 Å². The molecule has 0 atom stereocenters. The fourth-order valence-electron chi connectivity index (χ4n) is 0.577. The highest BCUT2D eigenvalue weighted by Gasteiger charge is 1.89. The number of nitrogens with two attached hydrogens (primary N) is 1. The first-order valence-electron chi connectivity index (χ1n) is 2.88. The van der Waals surface area contributed by atoms with Gasteiger partial charge in [-0.05, 0) is 6.42 Å². The number of nitrogens with zero attached hydrogens (tertiary/aromatic N) is 2. The minimum Gasteiger partial charge on any atom is -0.387 e. The molecule has 0 bridgehead atoms. The largest absolute Gasteiger partial charge is 0.387 e. The lowest BCUT2D eigenvalue weighted by molar-refractivity contribution is 1.07. The molecule has 1 aliphatic heterocycles. The third kappa shape index (κ3) is 2.08. The first-order valence-corrected chi connectivity index (χ1v) is 2.88. The van der Waals surface area contributed by atoms with E-state index in [4.69, 9.17) is 5.73 Å². The van der Waals surface area contributed by atoms with E-state index >= 15 is 0 Å². The van der Waals surface area contributed by atoms with E-state index in [1.54, 1.807) is 6.20 Å². The van der Waals surface area contributed by atoms with Crippen LogP contribution < -0.4 is 5.73 Å². The Labute approximate surface area is 54.0 Å². The standard InChI is InChI=1S/C6H9N3/c7-6-3-1-2-4-8-5-9-6/h2,4-5H,1,3H2,(H2,7,8,9)/b4-2-. The summed E-state index contributed by atoms with van der Waals surface area (Å²) in [5.74, 6) is 0.656. The number of allylic oxidation sites excluding steroid dienone is 1. The summed E-state index contributed by atoms with van der Waals surface area (Å²) in [6.45, 7) is 0. The summed E-state index contributed by atoms with van der Waals surface area (Å²) >= 11 is 0. The van der Waals surface area contributed by atoms with Crippen LogP contribution in [0.25, 0.3) is 0 Å². The van der Waals surface area contributed by atoms with Crippen LogP contribution in [0.2, 0.25) is 0 Å². The van der Waals surface area contributed by atoms with Crippen LogP contribution >= 0.6 is 0 Å². The molecule has 9 heavy (non-hydrogen) atoms. The topological polar surface area (TPSA) is 50.7 Å². The van der Waals surface area contributed by atoms with Crippen molar-refractivity contribution in [2.45, 2.75) is 12.8 Å². The van der Waals surface area contributed by atoms with Gasteiger partial charge in [-0.25, -0.2) is 9.98 Å². The Morgan fingerprint density at radius 2 is 2.44 bits per heavy atom. The number of hydrogen-bond acceptors (Lipinski definition) is 3. The molecule has 48 valence electrons. The molecule has 2 N–H and O–H groups in total. The summed E-state index contributed by atoms with van der Waals surface area (Å²) in [5, 5.41) is 0. The zero-order valence-electron chi connectivity index (χ0n) is 5.12. The molecule has 0 saturated heterocycles. The van der Waals surface area contributed by atoms with E-state index < -0.39 is 0 Å². The van der Waals surface area contributed by atoms with Crippen molar-refractivity contribution in [1.29, 1.82) is 0 Å². The maximum atomic E-state index is 5.43. The average molecular weight is 123 g/mol. The van der Waals surface area contributed by atoms with Crippen LogP contribution in [0.1, 0.15) is 12.8 Å². The van der Waals surface area contributed by atoms with Gasteiger partial charge in [0.05, 0.1) is 0 Å². The maximum absolute atomic E-state index is 5.43. The highest BCUT2D eigenvalue weighted by Crippen LogP contribution is 1.93. The van der Waals surface area contributed by atoms with Crippen molar-refractivity contribution >= 4 is 12.2 Å². The van der Waals surface area contributed by atoms with E-state index in [2.05, 4.69) is 9.98 Å². The quantitative estimate of drug-likeness (QED) is 0.506. The molecule has 1 heterocycles. The van der Waals surface area contributed by atoms with Crippen LogP contribution in [0, 0.1) is 0 Å². The SMILES string of the molecule is NC1=NC=N/C=C\CC1. The van der Waals surface area contributed by atoms with Gasteiger partial charge < -0.3 is 5.73 Å². The molecule has 0 saturated carbocycles. The van der Waals surface area contributed by atoms with E-state index in [-0.39, 0.29) is 0 Å². The van der Waals surface area contributed by atoms with Crippen molar-refractivity contribution in [1.82, 2.24) is 0 Å². The van der Waals surface area contributed by atoms with Gasteiger partial charge in [-0.15, -0.1) is 0 Å². The molecular formula is C6H9N3. The first-order chi connectivity index (χ1) is 4.39. The van der Waals surface area contributed by atoms with Gasteiger partial charge in [0.2, 0.25) is 0 Å². The number of aliphatic imine (C=N–C) groups is 2. The Balaban J connectivity index is 2.62. The van der Waals surface area contributed by atoms with Crippen LogP contribution in [0.4, 0.5) is 0 Å². The second kappa shape index (κ2) is 3.02. The predicted molar refractivity (Wildman–Crippen MR) is 38.5 cm³/mol. The molecule has 0 aliphatic carbocycles. The van der Waals surface area contributed by atoms with E-state index in [0.29, 0.717) is 5.84 Å². The normalized spacial score (nSPS) is 22.0. The minimum atomic E-state index is 0.656. The summed E-state index contributed by atoms with van der Waals surface area (Å²) in [6.07, 6.45) is 6.94. The van der Waals surface area contributed by atoms with Gasteiger partial charge >= 0.3 is 0 Å². The van der Waals surface area contributed by atoms with Crippen LogP contribution in [-0.4, -0.2) is 12.2 Å². The van der Waals surface area contributed by atoms with Gasteiger partial charge in [0.15, 0.2) is 0 Å². The average Bonchev–Trinajstić information content (AvgIpc) is 1.79. The van der Waals surface area contributed by atoms with Crippen molar-refractivity contribution in [2.75, 3.05) is 0 Å². The van der Waals surface area contributed by atoms with Gasteiger partial charge in [0, 0.05) is 12.6 Å².